The molecule has 0 saturated carbocycles. The first-order valence-corrected chi connectivity index (χ1v) is 33.3. The Labute approximate surface area is 565 Å². The van der Waals surface area contributed by atoms with E-state index in [1.54, 1.807) is 60.6 Å². The summed E-state index contributed by atoms with van der Waals surface area (Å²) in [4.78, 5) is 183. The van der Waals surface area contributed by atoms with E-state index in [1.807, 2.05) is 41.5 Å². The van der Waals surface area contributed by atoms with Gasteiger partial charge in [-0.3, -0.25) is 52.7 Å². The van der Waals surface area contributed by atoms with Gasteiger partial charge in [-0.1, -0.05) is 95.2 Å². The van der Waals surface area contributed by atoms with Gasteiger partial charge in [0.2, 0.25) is 65.0 Å². The second-order valence-corrected chi connectivity index (χ2v) is 28.3. The lowest BCUT2D eigenvalue weighted by Crippen LogP contribution is -2.65. The zero-order chi connectivity index (χ0) is 73.5. The highest BCUT2D eigenvalue weighted by Gasteiger charge is 2.46. The highest BCUT2D eigenvalue weighted by molar-refractivity contribution is 6.00. The minimum Gasteiger partial charge on any atom is -0.449 e. The molecule has 1 saturated heterocycles. The number of carbonyl (C=O) groups is 12. The fourth-order valence-corrected chi connectivity index (χ4v) is 11.4. The van der Waals surface area contributed by atoms with Gasteiger partial charge in [-0.25, -0.2) is 4.79 Å². The summed E-state index contributed by atoms with van der Waals surface area (Å²) in [7, 11) is 12.2. The summed E-state index contributed by atoms with van der Waals surface area (Å²) in [6.07, 6.45) is -0.181. The first kappa shape index (κ1) is 86.1. The number of nitrogens with one attached hydrogen (secondary N) is 5. The van der Waals surface area contributed by atoms with Gasteiger partial charge in [0.15, 0.2) is 0 Å². The molecule has 7 N–H and O–H groups in total. The Morgan fingerprint density at radius 3 is 1.34 bits per heavy atom. The Kier molecular flexibility index (Phi) is 36.2. The van der Waals surface area contributed by atoms with Crippen LogP contribution in [0.15, 0.2) is 12.2 Å². The van der Waals surface area contributed by atoms with Crippen molar-refractivity contribution in [1.82, 2.24) is 60.9 Å². The maximum absolute atomic E-state index is 15.3. The third-order valence-electron chi connectivity index (χ3n) is 17.2. The van der Waals surface area contributed by atoms with Crippen molar-refractivity contribution in [3.63, 3.8) is 0 Å². The summed E-state index contributed by atoms with van der Waals surface area (Å²) in [5.41, 5.74) is 0. The van der Waals surface area contributed by atoms with Crippen LogP contribution in [0.1, 0.15) is 149 Å². The standard InChI is InChI=1S/C67H120N12O16/c1-26-27-28-42(13)55(81)54-60(86)72-52(45(16)80)65(91)77(22)51(35-94-25)64(90)76(21)49(32-39(8)9)58(84)70-46(29-36(2)3)62(88)75(20)48(31-38(6)7)57(83)68-43(14)56(82)69-44(15)61(87)74(19)50(33-41(12)34-95-67(93)73(17)18)59(85)71-47(30-37(4)5)63(89)78(23)53(40(10)11)66(92)79(54)24/h26-27,36-55,80-81H,28-35H2,1-25H3,(H,68,83)(H,69,82)(H,70,84)(H,71,85)(H,72,86)/b27-26+/t41-,42+,43-,44+,45?,46-,47-,48-,49-,50-,51-,52-,53-,54-,55+/m0/s1. The van der Waals surface area contributed by atoms with Gasteiger partial charge in [0.25, 0.3) is 0 Å². The normalized spacial score (nSPS) is 26.5. The van der Waals surface area contributed by atoms with Crippen LogP contribution in [0.5, 0.6) is 0 Å². The van der Waals surface area contributed by atoms with Gasteiger partial charge in [0.05, 0.1) is 25.4 Å². The molecule has 1 unspecified atom stereocenters. The van der Waals surface area contributed by atoms with Crippen molar-refractivity contribution < 1.29 is 77.2 Å². The molecule has 0 aliphatic carbocycles. The summed E-state index contributed by atoms with van der Waals surface area (Å²) in [6.45, 7) is 26.3. The molecular weight excluding hydrogens is 1230 g/mol. The van der Waals surface area contributed by atoms with Gasteiger partial charge in [-0.15, -0.1) is 0 Å². The lowest BCUT2D eigenvalue weighted by molar-refractivity contribution is -0.156. The molecule has 1 aliphatic heterocycles. The van der Waals surface area contributed by atoms with Crippen LogP contribution in [-0.2, 0) is 62.2 Å². The predicted molar refractivity (Wildman–Crippen MR) is 360 cm³/mol. The smallest absolute Gasteiger partial charge is 0.409 e. The molecule has 544 valence electrons. The molecule has 0 bridgehead atoms. The Morgan fingerprint density at radius 2 is 0.905 bits per heavy atom. The van der Waals surface area contributed by atoms with Crippen molar-refractivity contribution in [2.75, 3.05) is 76.7 Å². The van der Waals surface area contributed by atoms with E-state index in [2.05, 4.69) is 26.6 Å². The van der Waals surface area contributed by atoms with E-state index < -0.39 is 174 Å². The fourth-order valence-electron chi connectivity index (χ4n) is 11.4. The number of carbonyl (C=O) groups excluding carboxylic acids is 12. The predicted octanol–water partition coefficient (Wildman–Crippen LogP) is 1.98. The summed E-state index contributed by atoms with van der Waals surface area (Å²) in [5, 5.41) is 37.2. The molecule has 0 spiro atoms. The largest absolute Gasteiger partial charge is 0.449 e. The number of hydrogen-bond acceptors (Lipinski definition) is 16. The van der Waals surface area contributed by atoms with Crippen molar-refractivity contribution in [2.24, 2.45) is 41.4 Å². The van der Waals surface area contributed by atoms with Crippen LogP contribution in [0.2, 0.25) is 0 Å². The molecule has 0 aromatic heterocycles. The first-order chi connectivity index (χ1) is 43.9. The average molecular weight is 1350 g/mol. The molecule has 15 atom stereocenters. The number of aliphatic hydroxyl groups is 2. The molecule has 1 aliphatic rings. The van der Waals surface area contributed by atoms with Gasteiger partial charge < -0.3 is 80.6 Å². The van der Waals surface area contributed by atoms with Gasteiger partial charge in [-0.05, 0) is 108 Å². The number of methoxy groups -OCH3 is 1. The number of allylic oxidation sites excluding steroid dienone is 2. The third kappa shape index (κ3) is 25.5. The lowest BCUT2D eigenvalue weighted by atomic mass is 9.91. The molecular formula is C67H120N12O16. The van der Waals surface area contributed by atoms with Crippen molar-refractivity contribution in [2.45, 2.75) is 228 Å². The maximum Gasteiger partial charge on any atom is 0.409 e. The van der Waals surface area contributed by atoms with Crippen LogP contribution in [-0.4, -0.2) is 271 Å². The number of likely N-dealkylation sites (N-methyl/N-ethyl adjacent to an activating group) is 6. The summed E-state index contributed by atoms with van der Waals surface area (Å²) >= 11 is 0. The number of hydrogen-bond donors (Lipinski definition) is 7. The fraction of sp³-hybridized carbons (Fsp3) is 0.791. The van der Waals surface area contributed by atoms with E-state index in [4.69, 9.17) is 9.47 Å². The zero-order valence-corrected chi connectivity index (χ0v) is 61.6. The van der Waals surface area contributed by atoms with Crippen molar-refractivity contribution in [3.05, 3.63) is 12.2 Å². The van der Waals surface area contributed by atoms with Gasteiger partial charge in [-0.2, -0.15) is 0 Å². The van der Waals surface area contributed by atoms with Crippen LogP contribution in [0.25, 0.3) is 0 Å². The van der Waals surface area contributed by atoms with Crippen LogP contribution >= 0.6 is 0 Å². The molecule has 0 aromatic carbocycles. The quantitative estimate of drug-likeness (QED) is 0.0857. The topological polar surface area (TPSA) is 347 Å². The van der Waals surface area contributed by atoms with E-state index in [0.717, 1.165) is 24.5 Å². The van der Waals surface area contributed by atoms with Crippen LogP contribution in [0, 0.1) is 41.4 Å². The third-order valence-corrected chi connectivity index (χ3v) is 17.2. The summed E-state index contributed by atoms with van der Waals surface area (Å²) in [6, 6.07) is -15.7. The average Bonchev–Trinajstić information content (AvgIpc) is 0.827. The van der Waals surface area contributed by atoms with Gasteiger partial charge >= 0.3 is 6.09 Å². The Bertz CT molecular complexity index is 2620. The molecule has 28 heteroatoms. The SMILES string of the molecule is C/C=C/C[C@@H](C)[C@@H](O)[C@H]1C(=O)N[C@@H](C(C)O)C(=O)N(C)[C@@H](COC)C(=O)N(C)[C@@H](CC(C)C)C(=O)N[C@@H](CC(C)C)C(=O)N(C)[C@@H](CC(C)C)C(=O)N[C@@H](C)C(=O)N[C@H](C)C(=O)N(C)[C@@H](C[C@H](C)COC(=O)N(C)C)C(=O)N[C@@H](CC(C)C)C(=O)N(C)[C@@H](C(C)C)C(=O)N1C. The molecule has 0 aromatic rings. The molecule has 95 heavy (non-hydrogen) atoms. The highest BCUT2D eigenvalue weighted by Crippen LogP contribution is 2.25. The maximum atomic E-state index is 15.3. The van der Waals surface area contributed by atoms with Crippen LogP contribution in [0.3, 0.4) is 0 Å². The monoisotopic (exact) mass is 1350 g/mol. The van der Waals surface area contributed by atoms with E-state index in [0.29, 0.717) is 0 Å². The van der Waals surface area contributed by atoms with E-state index in [9.17, 15) is 53.4 Å². The highest BCUT2D eigenvalue weighted by atomic mass is 16.6. The van der Waals surface area contributed by atoms with E-state index in [1.165, 1.54) is 94.1 Å². The number of rotatable bonds is 20. The van der Waals surface area contributed by atoms with Crippen LogP contribution < -0.4 is 26.6 Å². The van der Waals surface area contributed by atoms with E-state index >= 15 is 14.4 Å². The van der Waals surface area contributed by atoms with Gasteiger partial charge in [0.1, 0.15) is 66.5 Å². The van der Waals surface area contributed by atoms with Gasteiger partial charge in [0, 0.05) is 63.5 Å². The van der Waals surface area contributed by atoms with Crippen molar-refractivity contribution in [1.29, 1.82) is 0 Å². The summed E-state index contributed by atoms with van der Waals surface area (Å²) in [5.74, 6) is -11.9. The first-order valence-electron chi connectivity index (χ1n) is 33.3. The minimum absolute atomic E-state index is 0.0107. The minimum atomic E-state index is -1.84. The molecule has 1 rings (SSSR count). The molecule has 28 nitrogen and oxygen atoms in total. The van der Waals surface area contributed by atoms with Crippen LogP contribution in [0.4, 0.5) is 4.79 Å². The van der Waals surface area contributed by atoms with Crippen molar-refractivity contribution >= 4 is 71.1 Å². The second kappa shape index (κ2) is 39.9. The number of amides is 12. The zero-order valence-electron chi connectivity index (χ0n) is 61.6. The Hall–Kier alpha value is -6.94. The molecule has 12 amide bonds. The molecule has 0 radical (unpaired) electrons. The lowest BCUT2D eigenvalue weighted by Gasteiger charge is -2.40. The second-order valence-electron chi connectivity index (χ2n) is 28.3. The Morgan fingerprint density at radius 1 is 0.495 bits per heavy atom. The van der Waals surface area contributed by atoms with E-state index in [-0.39, 0.29) is 68.8 Å². The number of ether oxygens (including phenoxy) is 2. The Balaban J connectivity index is 4.55. The summed E-state index contributed by atoms with van der Waals surface area (Å²) < 4.78 is 10.9. The van der Waals surface area contributed by atoms with Crippen molar-refractivity contribution in [3.8, 4) is 0 Å². The molecule has 1 heterocycles. The number of nitrogens with zero attached hydrogens (tertiary/aromatic N) is 7. The number of aliphatic hydroxyl groups excluding tert-OH is 2. The molecule has 1 fully saturated rings.